The van der Waals surface area contributed by atoms with E-state index < -0.39 is 12.1 Å². The number of aromatic carboxylic acids is 1. The largest absolute Gasteiger partial charge is 0.478 e. The SMILES string of the molecule is CCCCC[C@H](F)c1ccc(N2C(=O)CC[C@@H]2COCc2cc(C(=O)O)cs2)cc1. The van der Waals surface area contributed by atoms with Crippen LogP contribution in [0.15, 0.2) is 35.7 Å². The van der Waals surface area contributed by atoms with Gasteiger partial charge in [0.15, 0.2) is 0 Å². The maximum atomic E-state index is 14.4. The molecule has 1 saturated heterocycles. The molecule has 1 amide bonds. The van der Waals surface area contributed by atoms with Gasteiger partial charge in [-0.1, -0.05) is 38.3 Å². The highest BCUT2D eigenvalue weighted by Crippen LogP contribution is 2.30. The van der Waals surface area contributed by atoms with Crippen molar-refractivity contribution in [2.75, 3.05) is 11.5 Å². The number of hydrogen-bond donors (Lipinski definition) is 1. The quantitative estimate of drug-likeness (QED) is 0.458. The number of carboxylic acid groups (broad SMARTS) is 1. The summed E-state index contributed by atoms with van der Waals surface area (Å²) in [6.07, 6.45) is 3.69. The molecular weight excluding hydrogens is 405 g/mol. The molecule has 1 aliphatic heterocycles. The lowest BCUT2D eigenvalue weighted by atomic mass is 10.0. The molecule has 0 spiro atoms. The summed E-state index contributed by atoms with van der Waals surface area (Å²) in [5.74, 6) is -0.908. The molecule has 1 aromatic heterocycles. The van der Waals surface area contributed by atoms with Crippen LogP contribution in [0.4, 0.5) is 10.1 Å². The van der Waals surface area contributed by atoms with Crippen LogP contribution in [0.1, 0.15) is 72.4 Å². The predicted molar refractivity (Wildman–Crippen MR) is 116 cm³/mol. The second-order valence-electron chi connectivity index (χ2n) is 7.63. The molecule has 30 heavy (non-hydrogen) atoms. The van der Waals surface area contributed by atoms with Crippen LogP contribution in [0.2, 0.25) is 0 Å². The van der Waals surface area contributed by atoms with Crippen molar-refractivity contribution in [1.29, 1.82) is 0 Å². The van der Waals surface area contributed by atoms with Gasteiger partial charge in [0.2, 0.25) is 5.91 Å². The van der Waals surface area contributed by atoms with Gasteiger partial charge in [-0.3, -0.25) is 4.79 Å². The molecule has 0 unspecified atom stereocenters. The van der Waals surface area contributed by atoms with E-state index in [0.717, 1.165) is 29.8 Å². The Morgan fingerprint density at radius 3 is 2.77 bits per heavy atom. The van der Waals surface area contributed by atoms with Crippen molar-refractivity contribution in [3.63, 3.8) is 0 Å². The molecule has 1 aromatic carbocycles. The van der Waals surface area contributed by atoms with E-state index in [1.54, 1.807) is 28.5 Å². The summed E-state index contributed by atoms with van der Waals surface area (Å²) in [6.45, 7) is 2.79. The van der Waals surface area contributed by atoms with Crippen molar-refractivity contribution < 1.29 is 23.8 Å². The van der Waals surface area contributed by atoms with E-state index in [4.69, 9.17) is 9.84 Å². The number of carbonyl (C=O) groups excluding carboxylic acids is 1. The number of halogens is 1. The Morgan fingerprint density at radius 1 is 1.33 bits per heavy atom. The number of rotatable bonds is 11. The Bertz CT molecular complexity index is 851. The van der Waals surface area contributed by atoms with Crippen LogP contribution < -0.4 is 4.90 Å². The molecule has 1 aliphatic rings. The van der Waals surface area contributed by atoms with E-state index in [1.807, 2.05) is 12.1 Å². The number of ether oxygens (including phenoxy) is 1. The lowest BCUT2D eigenvalue weighted by molar-refractivity contribution is -0.117. The summed E-state index contributed by atoms with van der Waals surface area (Å²) < 4.78 is 20.1. The minimum Gasteiger partial charge on any atom is -0.478 e. The number of carboxylic acids is 1. The second kappa shape index (κ2) is 10.7. The fourth-order valence-corrected chi connectivity index (χ4v) is 4.50. The minimum absolute atomic E-state index is 0.0420. The van der Waals surface area contributed by atoms with Crippen LogP contribution in [0, 0.1) is 0 Å². The summed E-state index contributed by atoms with van der Waals surface area (Å²) >= 11 is 1.35. The van der Waals surface area contributed by atoms with Gasteiger partial charge in [0.25, 0.3) is 0 Å². The molecule has 2 heterocycles. The highest BCUT2D eigenvalue weighted by atomic mass is 32.1. The third kappa shape index (κ3) is 5.67. The average Bonchev–Trinajstić information content (AvgIpc) is 3.35. The van der Waals surface area contributed by atoms with Crippen molar-refractivity contribution in [2.24, 2.45) is 0 Å². The van der Waals surface area contributed by atoms with Crippen molar-refractivity contribution in [2.45, 2.75) is 64.3 Å². The first-order chi connectivity index (χ1) is 14.5. The van der Waals surface area contributed by atoms with Crippen molar-refractivity contribution in [3.05, 3.63) is 51.7 Å². The van der Waals surface area contributed by atoms with Gasteiger partial charge in [0.1, 0.15) is 6.17 Å². The van der Waals surface area contributed by atoms with Gasteiger partial charge in [-0.2, -0.15) is 0 Å². The van der Waals surface area contributed by atoms with Gasteiger partial charge < -0.3 is 14.7 Å². The zero-order chi connectivity index (χ0) is 21.5. The molecule has 1 N–H and O–H groups in total. The van der Waals surface area contributed by atoms with Crippen molar-refractivity contribution in [1.82, 2.24) is 0 Å². The molecule has 5 nitrogen and oxygen atoms in total. The fraction of sp³-hybridized carbons (Fsp3) is 0.478. The van der Waals surface area contributed by atoms with Crippen LogP contribution in [0.25, 0.3) is 0 Å². The molecule has 0 radical (unpaired) electrons. The zero-order valence-electron chi connectivity index (χ0n) is 17.2. The summed E-state index contributed by atoms with van der Waals surface area (Å²) in [6, 6.07) is 8.71. The smallest absolute Gasteiger partial charge is 0.336 e. The van der Waals surface area contributed by atoms with E-state index in [2.05, 4.69) is 6.92 Å². The summed E-state index contributed by atoms with van der Waals surface area (Å²) in [4.78, 5) is 26.0. The third-order valence-electron chi connectivity index (χ3n) is 5.37. The molecule has 2 aromatic rings. The van der Waals surface area contributed by atoms with Crippen LogP contribution in [0.5, 0.6) is 0 Å². The molecule has 7 heteroatoms. The molecule has 162 valence electrons. The van der Waals surface area contributed by atoms with Crippen molar-refractivity contribution >= 4 is 28.9 Å². The van der Waals surface area contributed by atoms with Gasteiger partial charge in [-0.25, -0.2) is 9.18 Å². The third-order valence-corrected chi connectivity index (χ3v) is 6.28. The lowest BCUT2D eigenvalue weighted by Gasteiger charge is -2.25. The van der Waals surface area contributed by atoms with Crippen LogP contribution >= 0.6 is 11.3 Å². The number of benzene rings is 1. The summed E-state index contributed by atoms with van der Waals surface area (Å²) in [5.41, 5.74) is 1.68. The van der Waals surface area contributed by atoms with E-state index in [-0.39, 0.29) is 17.5 Å². The van der Waals surface area contributed by atoms with E-state index in [9.17, 15) is 14.0 Å². The number of hydrogen-bond acceptors (Lipinski definition) is 4. The van der Waals surface area contributed by atoms with Crippen LogP contribution in [-0.4, -0.2) is 29.6 Å². The first-order valence-electron chi connectivity index (χ1n) is 10.4. The monoisotopic (exact) mass is 433 g/mol. The lowest BCUT2D eigenvalue weighted by Crippen LogP contribution is -2.36. The predicted octanol–water partition coefficient (Wildman–Crippen LogP) is 5.75. The van der Waals surface area contributed by atoms with Crippen molar-refractivity contribution in [3.8, 4) is 0 Å². The minimum atomic E-state index is -0.972. The number of thiophene rings is 1. The number of unbranched alkanes of at least 4 members (excludes halogenated alkanes) is 2. The van der Waals surface area contributed by atoms with Gasteiger partial charge in [0.05, 0.1) is 24.8 Å². The van der Waals surface area contributed by atoms with Gasteiger partial charge in [-0.15, -0.1) is 11.3 Å². The standard InChI is InChI=1S/C23H28FNO4S/c1-2-3-4-5-21(24)16-6-8-18(9-7-16)25-19(10-11-22(25)26)13-29-14-20-12-17(15-30-20)23(27)28/h6-9,12,15,19,21H,2-5,10-11,13-14H2,1H3,(H,27,28)/t19-,21+/m1/s1. The maximum Gasteiger partial charge on any atom is 0.336 e. The normalized spacial score (nSPS) is 17.5. The molecule has 0 bridgehead atoms. The Hall–Kier alpha value is -2.25. The Labute approximate surface area is 180 Å². The van der Waals surface area contributed by atoms with Gasteiger partial charge in [0, 0.05) is 22.4 Å². The molecule has 1 fully saturated rings. The highest BCUT2D eigenvalue weighted by Gasteiger charge is 2.32. The fourth-order valence-electron chi connectivity index (χ4n) is 3.70. The van der Waals surface area contributed by atoms with Gasteiger partial charge >= 0.3 is 5.97 Å². The van der Waals surface area contributed by atoms with E-state index in [0.29, 0.717) is 38.0 Å². The maximum absolute atomic E-state index is 14.4. The molecular formula is C23H28FNO4S. The average molecular weight is 434 g/mol. The summed E-state index contributed by atoms with van der Waals surface area (Å²) in [7, 11) is 0. The molecule has 0 saturated carbocycles. The second-order valence-corrected chi connectivity index (χ2v) is 8.63. The first-order valence-corrected chi connectivity index (χ1v) is 11.3. The van der Waals surface area contributed by atoms with Gasteiger partial charge in [-0.05, 0) is 36.6 Å². The van der Waals surface area contributed by atoms with Crippen LogP contribution in [0.3, 0.4) is 0 Å². The molecule has 3 rings (SSSR count). The Morgan fingerprint density at radius 2 is 2.10 bits per heavy atom. The number of amides is 1. The zero-order valence-corrected chi connectivity index (χ0v) is 18.0. The number of anilines is 1. The molecule has 0 aliphatic carbocycles. The topological polar surface area (TPSA) is 66.8 Å². The number of carbonyl (C=O) groups is 2. The summed E-state index contributed by atoms with van der Waals surface area (Å²) in [5, 5.41) is 10.6. The number of nitrogens with zero attached hydrogens (tertiary/aromatic N) is 1. The van der Waals surface area contributed by atoms with E-state index >= 15 is 0 Å². The Balaban J connectivity index is 1.56. The van der Waals surface area contributed by atoms with E-state index in [1.165, 1.54) is 11.3 Å². The van der Waals surface area contributed by atoms with Crippen LogP contribution in [-0.2, 0) is 16.1 Å². The highest BCUT2D eigenvalue weighted by molar-refractivity contribution is 7.10. The molecule has 2 atom stereocenters. The first kappa shape index (κ1) is 22.4. The Kier molecular flexibility index (Phi) is 7.99. The number of alkyl halides is 1.